The summed E-state index contributed by atoms with van der Waals surface area (Å²) in [6, 6.07) is 14.2. The van der Waals surface area contributed by atoms with Gasteiger partial charge >= 0.3 is 0 Å². The molecule has 2 aliphatic rings. The van der Waals surface area contributed by atoms with Crippen molar-refractivity contribution >= 4 is 21.6 Å². The average Bonchev–Trinajstić information content (AvgIpc) is 3.02. The maximum atomic E-state index is 13.1. The average molecular weight is 415 g/mol. The summed E-state index contributed by atoms with van der Waals surface area (Å²) < 4.78 is 33.1. The van der Waals surface area contributed by atoms with Crippen molar-refractivity contribution < 1.29 is 17.9 Å². The molecular weight excluding hydrogens is 388 g/mol. The molecule has 4 rings (SSSR count). The normalized spacial score (nSPS) is 25.1. The molecule has 1 fully saturated rings. The van der Waals surface area contributed by atoms with E-state index in [9.17, 15) is 13.2 Å². The van der Waals surface area contributed by atoms with Crippen LogP contribution in [0.15, 0.2) is 53.4 Å². The van der Waals surface area contributed by atoms with Gasteiger partial charge in [-0.2, -0.15) is 4.31 Å². The zero-order valence-corrected chi connectivity index (χ0v) is 17.7. The van der Waals surface area contributed by atoms with Gasteiger partial charge in [0.05, 0.1) is 17.1 Å². The van der Waals surface area contributed by atoms with Crippen LogP contribution in [0.25, 0.3) is 0 Å². The zero-order chi connectivity index (χ0) is 20.8. The van der Waals surface area contributed by atoms with Crippen molar-refractivity contribution in [3.63, 3.8) is 0 Å². The highest BCUT2D eigenvalue weighted by molar-refractivity contribution is 7.89. The molecule has 0 spiro atoms. The van der Waals surface area contributed by atoms with Crippen LogP contribution in [-0.4, -0.2) is 50.0 Å². The summed E-state index contributed by atoms with van der Waals surface area (Å²) in [4.78, 5) is 15.1. The minimum absolute atomic E-state index is 0.0691. The van der Waals surface area contributed by atoms with Gasteiger partial charge < -0.3 is 9.64 Å². The third kappa shape index (κ3) is 3.70. The van der Waals surface area contributed by atoms with E-state index in [4.69, 9.17) is 4.74 Å². The summed E-state index contributed by atoms with van der Waals surface area (Å²) in [6.45, 7) is 6.42. The minimum Gasteiger partial charge on any atom is -0.373 e. The van der Waals surface area contributed by atoms with Gasteiger partial charge in [0.1, 0.15) is 0 Å². The summed E-state index contributed by atoms with van der Waals surface area (Å²) >= 11 is 0. The minimum atomic E-state index is -3.62. The molecule has 6 nitrogen and oxygen atoms in total. The molecule has 0 N–H and O–H groups in total. The Morgan fingerprint density at radius 2 is 1.59 bits per heavy atom. The highest BCUT2D eigenvalue weighted by Gasteiger charge is 2.33. The van der Waals surface area contributed by atoms with E-state index >= 15 is 0 Å². The fourth-order valence-electron chi connectivity index (χ4n) is 4.26. The Kier molecular flexibility index (Phi) is 5.23. The number of hydrogen-bond donors (Lipinski definition) is 0. The lowest BCUT2D eigenvalue weighted by molar-refractivity contribution is -0.0440. The Hall–Kier alpha value is -2.22. The number of carbonyl (C=O) groups is 1. The van der Waals surface area contributed by atoms with Crippen LogP contribution in [-0.2, 0) is 21.2 Å². The number of hydrogen-bond acceptors (Lipinski definition) is 4. The van der Waals surface area contributed by atoms with E-state index in [1.807, 2.05) is 45.0 Å². The van der Waals surface area contributed by atoms with Crippen LogP contribution in [0.1, 0.15) is 36.7 Å². The molecule has 0 aromatic heterocycles. The first-order valence-corrected chi connectivity index (χ1v) is 11.4. The van der Waals surface area contributed by atoms with Crippen LogP contribution >= 0.6 is 0 Å². The van der Waals surface area contributed by atoms with Gasteiger partial charge in [-0.25, -0.2) is 8.42 Å². The van der Waals surface area contributed by atoms with Crippen LogP contribution in [0.5, 0.6) is 0 Å². The summed E-state index contributed by atoms with van der Waals surface area (Å²) in [7, 11) is -3.62. The van der Waals surface area contributed by atoms with E-state index in [1.54, 1.807) is 17.0 Å². The van der Waals surface area contributed by atoms with Crippen LogP contribution in [0, 0.1) is 0 Å². The second kappa shape index (κ2) is 7.55. The number of morpholine rings is 1. The number of carbonyl (C=O) groups excluding carboxylic acids is 1. The molecule has 0 saturated carbocycles. The molecule has 3 atom stereocenters. The topological polar surface area (TPSA) is 66.9 Å². The van der Waals surface area contributed by atoms with Crippen molar-refractivity contribution in [2.24, 2.45) is 0 Å². The molecule has 154 valence electrons. The molecule has 29 heavy (non-hydrogen) atoms. The summed E-state index contributed by atoms with van der Waals surface area (Å²) in [6.07, 6.45) is 0.527. The van der Waals surface area contributed by atoms with Crippen LogP contribution in [0.3, 0.4) is 0 Å². The van der Waals surface area contributed by atoms with Crippen LogP contribution in [0.4, 0.5) is 5.69 Å². The lowest BCUT2D eigenvalue weighted by Crippen LogP contribution is -2.48. The molecule has 0 aliphatic carbocycles. The molecular formula is C22H26N2O4S. The van der Waals surface area contributed by atoms with E-state index in [1.165, 1.54) is 16.4 Å². The van der Waals surface area contributed by atoms with Crippen molar-refractivity contribution in [1.82, 2.24) is 4.31 Å². The third-order valence-electron chi connectivity index (χ3n) is 5.55. The monoisotopic (exact) mass is 414 g/mol. The fourth-order valence-corrected chi connectivity index (χ4v) is 5.85. The van der Waals surface area contributed by atoms with Gasteiger partial charge in [0.2, 0.25) is 10.0 Å². The predicted octanol–water partition coefficient (Wildman–Crippen LogP) is 3.08. The van der Waals surface area contributed by atoms with Crippen LogP contribution < -0.4 is 4.90 Å². The fraction of sp³-hybridized carbons (Fsp3) is 0.409. The molecule has 1 saturated heterocycles. The first kappa shape index (κ1) is 20.1. The summed E-state index contributed by atoms with van der Waals surface area (Å²) in [5.41, 5.74) is 2.57. The maximum absolute atomic E-state index is 13.1. The number of benzene rings is 2. The first-order chi connectivity index (χ1) is 13.8. The summed E-state index contributed by atoms with van der Waals surface area (Å²) in [5.74, 6) is -0.111. The molecule has 2 aliphatic heterocycles. The highest BCUT2D eigenvalue weighted by atomic mass is 32.2. The number of nitrogens with zero attached hydrogens (tertiary/aromatic N) is 2. The van der Waals surface area contributed by atoms with Crippen molar-refractivity contribution in [2.75, 3.05) is 18.0 Å². The Morgan fingerprint density at radius 1 is 0.966 bits per heavy atom. The van der Waals surface area contributed by atoms with Gasteiger partial charge in [-0.15, -0.1) is 0 Å². The number of rotatable bonds is 3. The largest absolute Gasteiger partial charge is 0.373 e. The maximum Gasteiger partial charge on any atom is 0.258 e. The van der Waals surface area contributed by atoms with Crippen molar-refractivity contribution in [1.29, 1.82) is 0 Å². The Labute approximate surface area is 172 Å². The first-order valence-electron chi connectivity index (χ1n) is 9.94. The standard InChI is InChI=1S/C22H26N2O4S/c1-15-12-19-6-4-5-7-21(19)24(15)22(25)18-8-10-20(11-9-18)29(26,27)23-13-16(2)28-17(3)14-23/h4-11,15-17H,12-14H2,1-3H3/t15-,16-,17-/m1/s1. The number of sulfonamides is 1. The van der Waals surface area contributed by atoms with Gasteiger partial charge in [-0.3, -0.25) is 4.79 Å². The Morgan fingerprint density at radius 3 is 2.24 bits per heavy atom. The number of anilines is 1. The van der Waals surface area contributed by atoms with E-state index in [0.29, 0.717) is 18.7 Å². The van der Waals surface area contributed by atoms with Gasteiger partial charge in [0.15, 0.2) is 0 Å². The van der Waals surface area contributed by atoms with Gasteiger partial charge in [0.25, 0.3) is 5.91 Å². The number of amides is 1. The second-order valence-electron chi connectivity index (χ2n) is 7.96. The molecule has 2 aromatic rings. The third-order valence-corrected chi connectivity index (χ3v) is 7.40. The Bertz CT molecular complexity index is 1010. The number of ether oxygens (including phenoxy) is 1. The van der Waals surface area contributed by atoms with Gasteiger partial charge in [-0.05, 0) is 63.1 Å². The quantitative estimate of drug-likeness (QED) is 0.774. The second-order valence-corrected chi connectivity index (χ2v) is 9.90. The number of fused-ring (bicyclic) bond motifs is 1. The van der Waals surface area contributed by atoms with Gasteiger partial charge in [0, 0.05) is 30.4 Å². The Balaban J connectivity index is 1.57. The highest BCUT2D eigenvalue weighted by Crippen LogP contribution is 2.33. The van der Waals surface area contributed by atoms with E-state index in [-0.39, 0.29) is 29.1 Å². The molecule has 0 radical (unpaired) electrons. The lowest BCUT2D eigenvalue weighted by Gasteiger charge is -2.34. The van der Waals surface area contributed by atoms with Crippen molar-refractivity contribution in [2.45, 2.75) is 50.3 Å². The SMILES string of the molecule is C[C@@H]1CN(S(=O)(=O)c2ccc(C(=O)N3c4ccccc4C[C@H]3C)cc2)C[C@@H](C)O1. The van der Waals surface area contributed by atoms with E-state index in [0.717, 1.165) is 17.7 Å². The van der Waals surface area contributed by atoms with E-state index < -0.39 is 10.0 Å². The molecule has 0 unspecified atom stereocenters. The predicted molar refractivity (Wildman–Crippen MR) is 112 cm³/mol. The number of para-hydroxylation sites is 1. The molecule has 7 heteroatoms. The molecule has 1 amide bonds. The van der Waals surface area contributed by atoms with E-state index in [2.05, 4.69) is 0 Å². The smallest absolute Gasteiger partial charge is 0.258 e. The van der Waals surface area contributed by atoms with Crippen molar-refractivity contribution in [3.8, 4) is 0 Å². The zero-order valence-electron chi connectivity index (χ0n) is 16.9. The molecule has 0 bridgehead atoms. The van der Waals surface area contributed by atoms with Crippen LogP contribution in [0.2, 0.25) is 0 Å². The lowest BCUT2D eigenvalue weighted by atomic mass is 10.1. The molecule has 2 aromatic carbocycles. The molecule has 2 heterocycles. The summed E-state index contributed by atoms with van der Waals surface area (Å²) in [5, 5.41) is 0. The van der Waals surface area contributed by atoms with Gasteiger partial charge in [-0.1, -0.05) is 18.2 Å². The van der Waals surface area contributed by atoms with Crippen molar-refractivity contribution in [3.05, 3.63) is 59.7 Å².